The molecule has 0 unspecified atom stereocenters. The van der Waals surface area contributed by atoms with Crippen LogP contribution in [-0.4, -0.2) is 53.6 Å². The maximum atomic E-state index is 13.0. The number of urea groups is 1. The zero-order valence-electron chi connectivity index (χ0n) is 18.9. The molecule has 1 aromatic carbocycles. The molecule has 2 heterocycles. The van der Waals surface area contributed by atoms with E-state index < -0.39 is 11.7 Å². The average molecular weight is 505 g/mol. The van der Waals surface area contributed by atoms with Crippen molar-refractivity contribution in [3.63, 3.8) is 0 Å². The largest absolute Gasteiger partial charge is 0.444 e. The van der Waals surface area contributed by atoms with E-state index in [0.29, 0.717) is 30.9 Å². The van der Waals surface area contributed by atoms with Gasteiger partial charge in [0.05, 0.1) is 18.4 Å². The highest BCUT2D eigenvalue weighted by Gasteiger charge is 2.53. The van der Waals surface area contributed by atoms with Gasteiger partial charge < -0.3 is 25.6 Å². The lowest BCUT2D eigenvalue weighted by Gasteiger charge is -2.57. The smallest absolute Gasteiger partial charge is 0.407 e. The van der Waals surface area contributed by atoms with Gasteiger partial charge in [-0.1, -0.05) is 11.6 Å². The number of alkyl carbamates (subject to hydrolysis) is 1. The number of aromatic amines is 1. The van der Waals surface area contributed by atoms with Gasteiger partial charge in [-0.05, 0) is 55.4 Å². The van der Waals surface area contributed by atoms with Crippen LogP contribution < -0.4 is 26.4 Å². The number of anilines is 2. The molecule has 1 aliphatic heterocycles. The second-order valence-electron chi connectivity index (χ2n) is 9.62. The highest BCUT2D eigenvalue weighted by Crippen LogP contribution is 2.55. The number of ether oxygens (including phenoxy) is 1. The Hall–Kier alpha value is -3.34. The minimum Gasteiger partial charge on any atom is -0.444 e. The molecule has 3 amide bonds. The van der Waals surface area contributed by atoms with Crippen molar-refractivity contribution in [2.75, 3.05) is 23.3 Å². The molecule has 3 fully saturated rings. The zero-order valence-corrected chi connectivity index (χ0v) is 19.6. The molecule has 186 valence electrons. The Labute approximate surface area is 205 Å². The van der Waals surface area contributed by atoms with Gasteiger partial charge in [-0.2, -0.15) is 5.10 Å². The molecule has 0 bridgehead atoms. The maximum absolute atomic E-state index is 13.0. The number of rotatable bonds is 5. The molecule has 12 heteroatoms. The van der Waals surface area contributed by atoms with Crippen LogP contribution in [0.2, 0.25) is 5.02 Å². The minimum absolute atomic E-state index is 0.0559. The quantitative estimate of drug-likeness (QED) is 0.495. The summed E-state index contributed by atoms with van der Waals surface area (Å²) in [5, 5.41) is 14.7. The molecule has 1 spiro atoms. The number of halogens is 2. The van der Waals surface area contributed by atoms with Gasteiger partial charge in [0, 0.05) is 30.7 Å². The molecular formula is C23H26ClFN6O4. The van der Waals surface area contributed by atoms with Crippen molar-refractivity contribution in [1.82, 2.24) is 20.8 Å². The third kappa shape index (κ3) is 5.19. The van der Waals surface area contributed by atoms with Crippen LogP contribution in [0.3, 0.4) is 0 Å². The summed E-state index contributed by atoms with van der Waals surface area (Å²) in [4.78, 5) is 38.0. The van der Waals surface area contributed by atoms with E-state index in [2.05, 4.69) is 26.1 Å². The molecule has 1 aromatic heterocycles. The molecule has 0 radical (unpaired) electrons. The first kappa shape index (κ1) is 23.4. The monoisotopic (exact) mass is 504 g/mol. The van der Waals surface area contributed by atoms with Crippen LogP contribution >= 0.6 is 11.6 Å². The second-order valence-corrected chi connectivity index (χ2v) is 10.00. The number of nitrogens with one attached hydrogen (secondary N) is 4. The zero-order chi connectivity index (χ0) is 24.6. The summed E-state index contributed by atoms with van der Waals surface area (Å²) >= 11 is 6.06. The third-order valence-electron chi connectivity index (χ3n) is 7.01. The van der Waals surface area contributed by atoms with Crippen molar-refractivity contribution >= 4 is 35.1 Å². The van der Waals surface area contributed by atoms with Gasteiger partial charge in [0.15, 0.2) is 0 Å². The molecule has 4 N–H and O–H groups in total. The molecule has 1 saturated heterocycles. The molecule has 2 aromatic rings. The van der Waals surface area contributed by atoms with Gasteiger partial charge >= 0.3 is 12.1 Å². The highest BCUT2D eigenvalue weighted by atomic mass is 35.5. The third-order valence-corrected chi connectivity index (χ3v) is 7.38. The van der Waals surface area contributed by atoms with Gasteiger partial charge in [0.1, 0.15) is 16.9 Å². The Bertz CT molecular complexity index is 1160. The number of carbonyl (C=O) groups excluding carboxylic acids is 2. The number of H-pyrrole nitrogens is 1. The summed E-state index contributed by atoms with van der Waals surface area (Å²) in [7, 11) is 0. The molecule has 35 heavy (non-hydrogen) atoms. The van der Waals surface area contributed by atoms with Crippen LogP contribution in [0.1, 0.15) is 32.1 Å². The van der Waals surface area contributed by atoms with E-state index in [-0.39, 0.29) is 40.5 Å². The summed E-state index contributed by atoms with van der Waals surface area (Å²) in [5.74, 6) is -0.355. The van der Waals surface area contributed by atoms with Crippen molar-refractivity contribution in [2.45, 2.75) is 50.3 Å². The number of aromatic nitrogens is 2. The van der Waals surface area contributed by atoms with Gasteiger partial charge in [-0.15, -0.1) is 0 Å². The molecule has 2 saturated carbocycles. The van der Waals surface area contributed by atoms with Crippen LogP contribution in [-0.2, 0) is 4.74 Å². The van der Waals surface area contributed by atoms with Crippen LogP contribution in [0.4, 0.5) is 25.4 Å². The van der Waals surface area contributed by atoms with Crippen molar-refractivity contribution in [3.05, 3.63) is 51.7 Å². The van der Waals surface area contributed by atoms with E-state index in [9.17, 15) is 18.8 Å². The van der Waals surface area contributed by atoms with Gasteiger partial charge in [0.2, 0.25) is 0 Å². The number of hydrogen-bond acceptors (Lipinski definition) is 6. The number of carbonyl (C=O) groups is 2. The number of nitrogens with zero attached hydrogens (tertiary/aromatic N) is 2. The van der Waals surface area contributed by atoms with E-state index in [1.165, 1.54) is 30.5 Å². The minimum atomic E-state index is -0.452. The lowest BCUT2D eigenvalue weighted by molar-refractivity contribution is -0.0259. The maximum Gasteiger partial charge on any atom is 0.407 e. The lowest BCUT2D eigenvalue weighted by atomic mass is 9.52. The summed E-state index contributed by atoms with van der Waals surface area (Å²) in [6.07, 6.45) is 4.82. The predicted molar refractivity (Wildman–Crippen MR) is 127 cm³/mol. The van der Waals surface area contributed by atoms with Crippen molar-refractivity contribution in [3.8, 4) is 0 Å². The van der Waals surface area contributed by atoms with Crippen LogP contribution in [0, 0.1) is 11.2 Å². The summed E-state index contributed by atoms with van der Waals surface area (Å²) < 4.78 is 18.5. The van der Waals surface area contributed by atoms with Crippen LogP contribution in [0.15, 0.2) is 35.3 Å². The van der Waals surface area contributed by atoms with E-state index in [0.717, 1.165) is 25.7 Å². The van der Waals surface area contributed by atoms with Gasteiger partial charge in [0.25, 0.3) is 5.56 Å². The summed E-state index contributed by atoms with van der Waals surface area (Å²) in [6, 6.07) is 5.44. The first-order chi connectivity index (χ1) is 16.8. The number of amides is 3. The average Bonchev–Trinajstić information content (AvgIpc) is 3.22. The Morgan fingerprint density at radius 3 is 2.54 bits per heavy atom. The number of benzene rings is 1. The van der Waals surface area contributed by atoms with E-state index in [1.807, 2.05) is 4.90 Å². The Balaban J connectivity index is 0.996. The molecular weight excluding hydrogens is 479 g/mol. The SMILES string of the molecule is O=C(Nc1ccc(F)cc1)NC1CC2(C1)CC(NC(=O)O[C@@H]1CCN(c3cn[nH]c(=O)c3Cl)C1)C2. The van der Waals surface area contributed by atoms with E-state index in [4.69, 9.17) is 16.3 Å². The normalized spacial score (nSPS) is 27.0. The van der Waals surface area contributed by atoms with Crippen LogP contribution in [0.5, 0.6) is 0 Å². The van der Waals surface area contributed by atoms with Crippen molar-refractivity contribution in [2.24, 2.45) is 5.41 Å². The Morgan fingerprint density at radius 1 is 1.14 bits per heavy atom. The Kier molecular flexibility index (Phi) is 6.26. The second kappa shape index (κ2) is 9.37. The van der Waals surface area contributed by atoms with E-state index in [1.54, 1.807) is 0 Å². The molecule has 10 nitrogen and oxygen atoms in total. The topological polar surface area (TPSA) is 128 Å². The van der Waals surface area contributed by atoms with Gasteiger partial charge in [-0.3, -0.25) is 4.79 Å². The van der Waals surface area contributed by atoms with Crippen LogP contribution in [0.25, 0.3) is 0 Å². The highest BCUT2D eigenvalue weighted by molar-refractivity contribution is 6.33. The van der Waals surface area contributed by atoms with Gasteiger partial charge in [-0.25, -0.2) is 19.1 Å². The van der Waals surface area contributed by atoms with E-state index >= 15 is 0 Å². The lowest BCUT2D eigenvalue weighted by Crippen LogP contribution is -2.61. The fourth-order valence-corrected chi connectivity index (χ4v) is 5.59. The standard InChI is InChI=1S/C23H26ClFN6O4/c24-19-18(11-26-30-20(19)32)31-6-5-17(12-31)35-22(34)29-16-9-23(10-16)7-15(8-23)28-21(33)27-14-3-1-13(25)2-4-14/h1-4,11,15-17H,5-10,12H2,(H,29,34)(H,30,32)(H2,27,28,33)/t15?,16?,17-,23?/m1/s1. The summed E-state index contributed by atoms with van der Waals surface area (Å²) in [6.45, 7) is 1.05. The first-order valence-corrected chi connectivity index (χ1v) is 11.9. The molecule has 2 aliphatic carbocycles. The number of hydrogen-bond donors (Lipinski definition) is 4. The Morgan fingerprint density at radius 2 is 1.83 bits per heavy atom. The molecule has 5 rings (SSSR count). The fraction of sp³-hybridized carbons (Fsp3) is 0.478. The molecule has 1 atom stereocenters. The fourth-order valence-electron chi connectivity index (χ4n) is 5.38. The van der Waals surface area contributed by atoms with Crippen molar-refractivity contribution < 1.29 is 18.7 Å². The molecule has 3 aliphatic rings. The van der Waals surface area contributed by atoms with Crippen molar-refractivity contribution in [1.29, 1.82) is 0 Å². The predicted octanol–water partition coefficient (Wildman–Crippen LogP) is 3.00. The first-order valence-electron chi connectivity index (χ1n) is 11.6. The summed E-state index contributed by atoms with van der Waals surface area (Å²) in [5.41, 5.74) is 0.765.